The van der Waals surface area contributed by atoms with E-state index in [1.54, 1.807) is 0 Å². The molecular weight excluding hydrogens is 212 g/mol. The molecule has 98 valence electrons. The number of rotatable bonds is 2. The molecule has 0 aromatic heterocycles. The van der Waals surface area contributed by atoms with Crippen molar-refractivity contribution in [2.75, 3.05) is 13.1 Å². The van der Waals surface area contributed by atoms with Gasteiger partial charge in [0.2, 0.25) is 5.91 Å². The lowest BCUT2D eigenvalue weighted by Crippen LogP contribution is -2.46. The van der Waals surface area contributed by atoms with Crippen LogP contribution in [0.2, 0.25) is 0 Å². The van der Waals surface area contributed by atoms with Crippen LogP contribution in [-0.4, -0.2) is 25.0 Å². The Labute approximate surface area is 105 Å². The van der Waals surface area contributed by atoms with Crippen LogP contribution in [0.25, 0.3) is 0 Å². The molecule has 1 amide bonds. The minimum absolute atomic E-state index is 0.207. The third-order valence-electron chi connectivity index (χ3n) is 4.61. The van der Waals surface area contributed by atoms with Crippen molar-refractivity contribution in [3.8, 4) is 0 Å². The molecule has 0 spiro atoms. The van der Waals surface area contributed by atoms with E-state index < -0.39 is 0 Å². The van der Waals surface area contributed by atoms with Gasteiger partial charge >= 0.3 is 0 Å². The van der Waals surface area contributed by atoms with Crippen molar-refractivity contribution in [2.24, 2.45) is 17.8 Å². The average Bonchev–Trinajstić information content (AvgIpc) is 2.35. The SMILES string of the molecule is CC1CCC(NC(=O)C2CCCNC2)CC1C. The van der Waals surface area contributed by atoms with Crippen molar-refractivity contribution >= 4 is 5.91 Å². The van der Waals surface area contributed by atoms with Crippen LogP contribution < -0.4 is 10.6 Å². The Morgan fingerprint density at radius 3 is 2.65 bits per heavy atom. The molecule has 2 aliphatic rings. The van der Waals surface area contributed by atoms with Crippen LogP contribution in [0, 0.1) is 17.8 Å². The molecule has 3 heteroatoms. The monoisotopic (exact) mass is 238 g/mol. The summed E-state index contributed by atoms with van der Waals surface area (Å²) in [5.41, 5.74) is 0. The molecule has 1 heterocycles. The minimum Gasteiger partial charge on any atom is -0.353 e. The summed E-state index contributed by atoms with van der Waals surface area (Å²) in [5.74, 6) is 2.06. The highest BCUT2D eigenvalue weighted by molar-refractivity contribution is 5.79. The van der Waals surface area contributed by atoms with Crippen molar-refractivity contribution in [1.29, 1.82) is 0 Å². The molecule has 3 nitrogen and oxygen atoms in total. The molecule has 2 N–H and O–H groups in total. The second-order valence-corrected chi connectivity index (χ2v) is 6.02. The molecule has 1 aliphatic heterocycles. The van der Waals surface area contributed by atoms with Crippen LogP contribution in [0.4, 0.5) is 0 Å². The fourth-order valence-electron chi connectivity index (χ4n) is 3.07. The number of piperidine rings is 1. The number of nitrogens with one attached hydrogen (secondary N) is 2. The van der Waals surface area contributed by atoms with Gasteiger partial charge in [0.05, 0.1) is 5.92 Å². The van der Waals surface area contributed by atoms with Gasteiger partial charge in [-0.1, -0.05) is 13.8 Å². The predicted octanol–water partition coefficient (Wildman–Crippen LogP) is 1.93. The number of carbonyl (C=O) groups excluding carboxylic acids is 1. The average molecular weight is 238 g/mol. The van der Waals surface area contributed by atoms with E-state index in [9.17, 15) is 4.79 Å². The zero-order chi connectivity index (χ0) is 12.3. The van der Waals surface area contributed by atoms with Gasteiger partial charge in [-0.15, -0.1) is 0 Å². The first-order valence-corrected chi connectivity index (χ1v) is 7.18. The van der Waals surface area contributed by atoms with E-state index in [1.165, 1.54) is 6.42 Å². The summed E-state index contributed by atoms with van der Waals surface area (Å²) in [4.78, 5) is 12.1. The number of hydrogen-bond acceptors (Lipinski definition) is 2. The number of hydrogen-bond donors (Lipinski definition) is 2. The molecule has 0 aromatic rings. The van der Waals surface area contributed by atoms with E-state index in [1.807, 2.05) is 0 Å². The predicted molar refractivity (Wildman–Crippen MR) is 69.7 cm³/mol. The molecule has 4 unspecified atom stereocenters. The van der Waals surface area contributed by atoms with E-state index in [2.05, 4.69) is 24.5 Å². The van der Waals surface area contributed by atoms with E-state index >= 15 is 0 Å². The van der Waals surface area contributed by atoms with Crippen LogP contribution in [0.5, 0.6) is 0 Å². The Kier molecular flexibility index (Phi) is 4.43. The number of amides is 1. The minimum atomic E-state index is 0.207. The fraction of sp³-hybridized carbons (Fsp3) is 0.929. The molecule has 1 aliphatic carbocycles. The third kappa shape index (κ3) is 3.44. The molecule has 1 saturated heterocycles. The molecule has 0 aromatic carbocycles. The van der Waals surface area contributed by atoms with Gasteiger partial charge in [-0.05, 0) is 50.5 Å². The van der Waals surface area contributed by atoms with E-state index in [0.29, 0.717) is 6.04 Å². The van der Waals surface area contributed by atoms with Crippen LogP contribution in [0.3, 0.4) is 0 Å². The Morgan fingerprint density at radius 2 is 2.00 bits per heavy atom. The van der Waals surface area contributed by atoms with Gasteiger partial charge in [0.25, 0.3) is 0 Å². The highest BCUT2D eigenvalue weighted by atomic mass is 16.2. The molecule has 2 fully saturated rings. The van der Waals surface area contributed by atoms with Crippen molar-refractivity contribution in [2.45, 2.75) is 52.0 Å². The Bertz CT molecular complexity index is 261. The molecular formula is C14H26N2O. The lowest BCUT2D eigenvalue weighted by molar-refractivity contribution is -0.126. The zero-order valence-corrected chi connectivity index (χ0v) is 11.2. The van der Waals surface area contributed by atoms with E-state index in [-0.39, 0.29) is 11.8 Å². The first-order valence-electron chi connectivity index (χ1n) is 7.18. The van der Waals surface area contributed by atoms with Crippen molar-refractivity contribution in [3.63, 3.8) is 0 Å². The smallest absolute Gasteiger partial charge is 0.224 e. The van der Waals surface area contributed by atoms with Gasteiger partial charge in [-0.2, -0.15) is 0 Å². The van der Waals surface area contributed by atoms with Crippen LogP contribution in [0.15, 0.2) is 0 Å². The van der Waals surface area contributed by atoms with Crippen LogP contribution in [0.1, 0.15) is 46.0 Å². The van der Waals surface area contributed by atoms with Gasteiger partial charge < -0.3 is 10.6 Å². The Morgan fingerprint density at radius 1 is 1.18 bits per heavy atom. The second-order valence-electron chi connectivity index (χ2n) is 6.02. The molecule has 2 rings (SSSR count). The maximum atomic E-state index is 12.1. The van der Waals surface area contributed by atoms with Gasteiger partial charge in [0.1, 0.15) is 0 Å². The standard InChI is InChI=1S/C14H26N2O/c1-10-5-6-13(8-11(10)2)16-14(17)12-4-3-7-15-9-12/h10-13,15H,3-9H2,1-2H3,(H,16,17). The molecule has 0 bridgehead atoms. The Balaban J connectivity index is 1.78. The van der Waals surface area contributed by atoms with Crippen LogP contribution >= 0.6 is 0 Å². The van der Waals surface area contributed by atoms with E-state index in [0.717, 1.165) is 50.6 Å². The fourth-order valence-corrected chi connectivity index (χ4v) is 3.07. The summed E-state index contributed by atoms with van der Waals surface area (Å²) in [7, 11) is 0. The summed E-state index contributed by atoms with van der Waals surface area (Å²) in [6, 6.07) is 0.427. The van der Waals surface area contributed by atoms with Crippen molar-refractivity contribution in [1.82, 2.24) is 10.6 Å². The lowest BCUT2D eigenvalue weighted by atomic mass is 9.79. The first kappa shape index (κ1) is 12.9. The van der Waals surface area contributed by atoms with E-state index in [4.69, 9.17) is 0 Å². The normalized spacial score (nSPS) is 38.7. The van der Waals surface area contributed by atoms with Crippen molar-refractivity contribution < 1.29 is 4.79 Å². The highest BCUT2D eigenvalue weighted by Crippen LogP contribution is 2.29. The highest BCUT2D eigenvalue weighted by Gasteiger charge is 2.28. The summed E-state index contributed by atoms with van der Waals surface area (Å²) in [5, 5.41) is 6.57. The largest absolute Gasteiger partial charge is 0.353 e. The zero-order valence-electron chi connectivity index (χ0n) is 11.2. The maximum Gasteiger partial charge on any atom is 0.224 e. The van der Waals surface area contributed by atoms with Gasteiger partial charge in [-0.3, -0.25) is 4.79 Å². The molecule has 1 saturated carbocycles. The first-order chi connectivity index (χ1) is 8.16. The summed E-state index contributed by atoms with van der Waals surface area (Å²) in [6.45, 7) is 6.57. The topological polar surface area (TPSA) is 41.1 Å². The summed E-state index contributed by atoms with van der Waals surface area (Å²) in [6.07, 6.45) is 5.77. The second kappa shape index (κ2) is 5.85. The van der Waals surface area contributed by atoms with Gasteiger partial charge in [0, 0.05) is 12.6 Å². The van der Waals surface area contributed by atoms with Crippen molar-refractivity contribution in [3.05, 3.63) is 0 Å². The lowest BCUT2D eigenvalue weighted by Gasteiger charge is -2.33. The Hall–Kier alpha value is -0.570. The third-order valence-corrected chi connectivity index (χ3v) is 4.61. The van der Waals surface area contributed by atoms with Gasteiger partial charge in [-0.25, -0.2) is 0 Å². The molecule has 0 radical (unpaired) electrons. The number of carbonyl (C=O) groups is 1. The van der Waals surface area contributed by atoms with Gasteiger partial charge in [0.15, 0.2) is 0 Å². The van der Waals surface area contributed by atoms with Crippen LogP contribution in [-0.2, 0) is 4.79 Å². The summed E-state index contributed by atoms with van der Waals surface area (Å²) >= 11 is 0. The quantitative estimate of drug-likeness (QED) is 0.772. The molecule has 17 heavy (non-hydrogen) atoms. The molecule has 4 atom stereocenters. The summed E-state index contributed by atoms with van der Waals surface area (Å²) < 4.78 is 0. The maximum absolute atomic E-state index is 12.1.